The van der Waals surface area contributed by atoms with E-state index in [-0.39, 0.29) is 24.8 Å². The molecule has 0 aliphatic heterocycles. The van der Waals surface area contributed by atoms with E-state index in [4.69, 9.17) is 28.7 Å². The number of nitrogens with one attached hydrogen (secondary N) is 1. The first-order valence-corrected chi connectivity index (χ1v) is 2.72. The minimum absolute atomic E-state index is 0. The molecule has 1 nitrogen and oxygen atoms in total. The van der Waals surface area contributed by atoms with Crippen LogP contribution in [0.3, 0.4) is 0 Å². The molecule has 0 aromatic heterocycles. The SMILES string of the molecule is Cl.[2H]C([2H])(Cl)C([2H])([2H])NCCCl. The van der Waals surface area contributed by atoms with Crippen molar-refractivity contribution < 1.29 is 5.48 Å². The van der Waals surface area contributed by atoms with E-state index < -0.39 is 12.3 Å². The van der Waals surface area contributed by atoms with Crippen molar-refractivity contribution in [2.45, 2.75) is 0 Å². The van der Waals surface area contributed by atoms with Crippen molar-refractivity contribution in [3.05, 3.63) is 0 Å². The summed E-state index contributed by atoms with van der Waals surface area (Å²) in [7, 11) is 0. The fraction of sp³-hybridized carbons (Fsp3) is 1.00. The van der Waals surface area contributed by atoms with Crippen LogP contribution in [0.4, 0.5) is 0 Å². The first-order chi connectivity index (χ1) is 4.81. The van der Waals surface area contributed by atoms with Crippen LogP contribution in [0.2, 0.25) is 0 Å². The Kier molecular flexibility index (Phi) is 6.20. The highest BCUT2D eigenvalue weighted by Gasteiger charge is 1.78. The van der Waals surface area contributed by atoms with E-state index in [0.29, 0.717) is 0 Å². The molecular formula is C4H10Cl3N. The van der Waals surface area contributed by atoms with Crippen molar-refractivity contribution >= 4 is 35.6 Å². The van der Waals surface area contributed by atoms with Gasteiger partial charge in [0.2, 0.25) is 0 Å². The van der Waals surface area contributed by atoms with Gasteiger partial charge in [0, 0.05) is 30.2 Å². The van der Waals surface area contributed by atoms with Crippen LogP contribution in [0, 0.1) is 0 Å². The maximum Gasteiger partial charge on any atom is 0.0449 e. The Labute approximate surface area is 71.8 Å². The molecule has 1 N–H and O–H groups in total. The quantitative estimate of drug-likeness (QED) is 0.650. The first-order valence-electron chi connectivity index (χ1n) is 3.81. The molecule has 0 saturated carbocycles. The van der Waals surface area contributed by atoms with Crippen LogP contribution in [0.25, 0.3) is 0 Å². The average Bonchev–Trinajstić information content (AvgIpc) is 1.81. The maximum absolute atomic E-state index is 7.07. The van der Waals surface area contributed by atoms with Gasteiger partial charge in [-0.1, -0.05) is 0 Å². The first kappa shape index (κ1) is 4.62. The molecule has 0 rings (SSSR count). The van der Waals surface area contributed by atoms with Crippen LogP contribution in [-0.4, -0.2) is 24.8 Å². The van der Waals surface area contributed by atoms with Gasteiger partial charge in [0.05, 0.1) is 0 Å². The second kappa shape index (κ2) is 10.7. The Hall–Kier alpha value is 0.830. The summed E-state index contributed by atoms with van der Waals surface area (Å²) in [6.45, 7) is -2.07. The third-order valence-electron chi connectivity index (χ3n) is 0.355. The molecule has 0 saturated heterocycles. The molecular weight excluding hydrogens is 168 g/mol. The summed E-state index contributed by atoms with van der Waals surface area (Å²) in [6, 6.07) is 0. The lowest BCUT2D eigenvalue weighted by atomic mass is 10.7. The molecule has 0 atom stereocenters. The van der Waals surface area contributed by atoms with Crippen LogP contribution in [0.5, 0.6) is 0 Å². The normalized spacial score (nSPS) is 19.2. The predicted molar refractivity (Wildman–Crippen MR) is 41.6 cm³/mol. The van der Waals surface area contributed by atoms with Gasteiger partial charge in [-0.15, -0.1) is 35.6 Å². The molecule has 0 aliphatic carbocycles. The lowest BCUT2D eigenvalue weighted by Crippen LogP contribution is -2.18. The van der Waals surface area contributed by atoms with Crippen LogP contribution in [-0.2, 0) is 0 Å². The van der Waals surface area contributed by atoms with E-state index in [1.54, 1.807) is 0 Å². The average molecular weight is 183 g/mol. The van der Waals surface area contributed by atoms with E-state index in [2.05, 4.69) is 5.32 Å². The summed E-state index contributed by atoms with van der Waals surface area (Å²) in [4.78, 5) is 0. The van der Waals surface area contributed by atoms with Gasteiger partial charge in [0.1, 0.15) is 0 Å². The molecule has 52 valence electrons. The smallest absolute Gasteiger partial charge is 0.0449 e. The fourth-order valence-electron chi connectivity index (χ4n) is 0.143. The molecule has 0 aliphatic rings. The summed E-state index contributed by atoms with van der Waals surface area (Å²) in [5.41, 5.74) is 0. The molecule has 4 heteroatoms. The minimum Gasteiger partial charge on any atom is -0.314 e. The third kappa shape index (κ3) is 9.95. The number of hydrogen-bond donors (Lipinski definition) is 1. The molecule has 0 aromatic rings. The fourth-order valence-corrected chi connectivity index (χ4v) is 0.304. The van der Waals surface area contributed by atoms with Gasteiger partial charge in [-0.2, -0.15) is 0 Å². The van der Waals surface area contributed by atoms with Gasteiger partial charge in [0.25, 0.3) is 0 Å². The molecule has 0 heterocycles. The van der Waals surface area contributed by atoms with E-state index >= 15 is 0 Å². The molecule has 0 spiro atoms. The molecule has 0 amide bonds. The van der Waals surface area contributed by atoms with Gasteiger partial charge < -0.3 is 5.32 Å². The summed E-state index contributed by atoms with van der Waals surface area (Å²) in [6.07, 6.45) is 0. The molecule has 0 fully saturated rings. The van der Waals surface area contributed by atoms with E-state index in [0.717, 1.165) is 0 Å². The van der Waals surface area contributed by atoms with Crippen molar-refractivity contribution in [1.29, 1.82) is 0 Å². The minimum atomic E-state index is -2.42. The number of alkyl halides is 2. The molecule has 0 radical (unpaired) electrons. The highest BCUT2D eigenvalue weighted by molar-refractivity contribution is 6.18. The monoisotopic (exact) mass is 181 g/mol. The second-order valence-electron chi connectivity index (χ2n) is 0.835. The van der Waals surface area contributed by atoms with Crippen molar-refractivity contribution in [3.63, 3.8) is 0 Å². The standard InChI is InChI=1S/C4H9Cl2N.ClH/c5-1-3-7-4-2-6;/h7H,1-4H2;1H/i1D2,3D2;. The highest BCUT2D eigenvalue weighted by atomic mass is 35.5. The van der Waals surface area contributed by atoms with Crippen molar-refractivity contribution in [2.24, 2.45) is 0 Å². The van der Waals surface area contributed by atoms with Crippen molar-refractivity contribution in [2.75, 3.05) is 24.8 Å². The van der Waals surface area contributed by atoms with Gasteiger partial charge in [-0.25, -0.2) is 0 Å². The van der Waals surface area contributed by atoms with Crippen molar-refractivity contribution in [1.82, 2.24) is 5.32 Å². The second-order valence-corrected chi connectivity index (χ2v) is 1.40. The third-order valence-corrected chi connectivity index (χ3v) is 0.639. The highest BCUT2D eigenvalue weighted by Crippen LogP contribution is 1.71. The molecule has 0 unspecified atom stereocenters. The van der Waals surface area contributed by atoms with Gasteiger partial charge in [-0.05, 0) is 0 Å². The molecule has 0 aromatic carbocycles. The summed E-state index contributed by atoms with van der Waals surface area (Å²) in [5.74, 6) is -2.20. The zero-order valence-electron chi connectivity index (χ0n) is 8.08. The Morgan fingerprint density at radius 2 is 2.12 bits per heavy atom. The predicted octanol–water partition coefficient (Wildman–Crippen LogP) is 1.48. The van der Waals surface area contributed by atoms with Crippen LogP contribution < -0.4 is 5.32 Å². The number of rotatable bonds is 4. The molecule has 8 heavy (non-hydrogen) atoms. The lowest BCUT2D eigenvalue weighted by Gasteiger charge is -1.93. The van der Waals surface area contributed by atoms with Gasteiger partial charge >= 0.3 is 0 Å². The van der Waals surface area contributed by atoms with E-state index in [1.165, 1.54) is 0 Å². The topological polar surface area (TPSA) is 12.0 Å². The lowest BCUT2D eigenvalue weighted by molar-refractivity contribution is 0.770. The van der Waals surface area contributed by atoms with Crippen molar-refractivity contribution in [3.8, 4) is 0 Å². The zero-order valence-corrected chi connectivity index (χ0v) is 6.41. The van der Waals surface area contributed by atoms with Gasteiger partial charge in [-0.3, -0.25) is 0 Å². The summed E-state index contributed by atoms with van der Waals surface area (Å²) < 4.78 is 27.9. The Morgan fingerprint density at radius 1 is 1.50 bits per heavy atom. The zero-order chi connectivity index (χ0) is 9.12. The van der Waals surface area contributed by atoms with E-state index in [9.17, 15) is 0 Å². The van der Waals surface area contributed by atoms with E-state index in [1.807, 2.05) is 0 Å². The molecule has 0 bridgehead atoms. The van der Waals surface area contributed by atoms with Gasteiger partial charge in [0.15, 0.2) is 0 Å². The Morgan fingerprint density at radius 3 is 2.50 bits per heavy atom. The van der Waals surface area contributed by atoms with Crippen LogP contribution >= 0.6 is 35.6 Å². The summed E-state index contributed by atoms with van der Waals surface area (Å²) >= 11 is 10.4. The van der Waals surface area contributed by atoms with Crippen LogP contribution in [0.15, 0.2) is 0 Å². The van der Waals surface area contributed by atoms with Crippen LogP contribution in [0.1, 0.15) is 5.48 Å². The Bertz CT molecular complexity index is 126. The Balaban J connectivity index is 0. The summed E-state index contributed by atoms with van der Waals surface area (Å²) in [5, 5.41) is 2.24. The maximum atomic E-state index is 7.07. The number of halogens is 3. The number of hydrogen-bond acceptors (Lipinski definition) is 1. The largest absolute Gasteiger partial charge is 0.314 e.